The average molecular weight is 631 g/mol. The predicted octanol–water partition coefficient (Wildman–Crippen LogP) is 6.83. The first-order chi connectivity index (χ1) is 20.6. The fourth-order valence-electron chi connectivity index (χ4n) is 6.19. The first-order valence-electron chi connectivity index (χ1n) is 14.9. The zero-order valence-electron chi connectivity index (χ0n) is 24.7. The predicted molar refractivity (Wildman–Crippen MR) is 167 cm³/mol. The normalized spacial score (nSPS) is 20.5. The molecule has 3 aromatic rings. The number of benzene rings is 1. The van der Waals surface area contributed by atoms with Gasteiger partial charge < -0.3 is 15.1 Å². The van der Waals surface area contributed by atoms with E-state index in [0.717, 1.165) is 66.0 Å². The number of carbonyl (C=O) groups excluding carboxylic acids is 1. The minimum Gasteiger partial charge on any atom is -0.368 e. The molecular weight excluding hydrogens is 594 g/mol. The Morgan fingerprint density at radius 3 is 2.56 bits per heavy atom. The van der Waals surface area contributed by atoms with Gasteiger partial charge in [-0.2, -0.15) is 13.2 Å². The summed E-state index contributed by atoms with van der Waals surface area (Å²) >= 11 is 2.85. The van der Waals surface area contributed by atoms with E-state index < -0.39 is 11.7 Å². The van der Waals surface area contributed by atoms with Gasteiger partial charge in [-0.1, -0.05) is 6.92 Å². The lowest BCUT2D eigenvalue weighted by Crippen LogP contribution is -2.52. The quantitative estimate of drug-likeness (QED) is 0.184. The zero-order valence-corrected chi connectivity index (χ0v) is 26.3. The largest absolute Gasteiger partial charge is 0.420 e. The van der Waals surface area contributed by atoms with Gasteiger partial charge in [0.1, 0.15) is 5.56 Å². The number of anilines is 3. The maximum Gasteiger partial charge on any atom is 0.420 e. The Morgan fingerprint density at radius 1 is 1.16 bits per heavy atom. The number of rotatable bonds is 11. The summed E-state index contributed by atoms with van der Waals surface area (Å²) < 4.78 is 42.3. The zero-order chi connectivity index (χ0) is 30.3. The molecule has 1 amide bonds. The van der Waals surface area contributed by atoms with Crippen molar-refractivity contribution in [3.63, 3.8) is 0 Å². The molecule has 1 N–H and O–H groups in total. The standard InChI is InChI=1S/C31H37F3N6OS2/c1-4-20-13-22(40-16-23-7-8-24(17-40)38(23)3)9-10-26(20)36-30-35-15-25(31(32,33)34)29(37-30)28-14-27(19(2)43-28)42-12-11-39(18-41)21-5-6-21/h9-10,13-15,18,21,23-24H,4-8,11-12,16-17H2,1-3H3,(H,35,36,37). The number of hydrogen-bond donors (Lipinski definition) is 1. The molecule has 6 rings (SSSR count). The number of halogens is 3. The van der Waals surface area contributed by atoms with Crippen LogP contribution in [0.5, 0.6) is 0 Å². The smallest absolute Gasteiger partial charge is 0.368 e. The van der Waals surface area contributed by atoms with E-state index in [-0.39, 0.29) is 11.6 Å². The van der Waals surface area contributed by atoms with E-state index >= 15 is 0 Å². The van der Waals surface area contributed by atoms with E-state index in [1.54, 1.807) is 17.8 Å². The second kappa shape index (κ2) is 12.3. The van der Waals surface area contributed by atoms with Gasteiger partial charge in [0, 0.05) is 70.9 Å². The molecule has 4 heterocycles. The van der Waals surface area contributed by atoms with Gasteiger partial charge in [0.2, 0.25) is 12.4 Å². The molecule has 3 fully saturated rings. The summed E-state index contributed by atoms with van der Waals surface area (Å²) in [7, 11) is 2.22. The van der Waals surface area contributed by atoms with Crippen LogP contribution in [0, 0.1) is 6.92 Å². The molecule has 2 saturated heterocycles. The summed E-state index contributed by atoms with van der Waals surface area (Å²) in [4.78, 5) is 28.9. The van der Waals surface area contributed by atoms with Crippen molar-refractivity contribution in [1.82, 2.24) is 19.8 Å². The first kappa shape index (κ1) is 30.2. The summed E-state index contributed by atoms with van der Waals surface area (Å²) in [5.41, 5.74) is 2.06. The Morgan fingerprint density at radius 2 is 1.91 bits per heavy atom. The Kier molecular flexibility index (Phi) is 8.63. The van der Waals surface area contributed by atoms with Gasteiger partial charge in [-0.05, 0) is 75.9 Å². The molecule has 0 radical (unpaired) electrons. The Hall–Kier alpha value is -2.83. The Balaban J connectivity index is 1.22. The summed E-state index contributed by atoms with van der Waals surface area (Å²) in [6.45, 7) is 6.61. The van der Waals surface area contributed by atoms with E-state index in [0.29, 0.717) is 35.3 Å². The van der Waals surface area contributed by atoms with Crippen molar-refractivity contribution in [2.24, 2.45) is 0 Å². The molecule has 2 bridgehead atoms. The van der Waals surface area contributed by atoms with Gasteiger partial charge in [0.05, 0.1) is 10.6 Å². The number of aryl methyl sites for hydroxylation is 2. The number of hydrogen-bond acceptors (Lipinski definition) is 8. The molecule has 1 aliphatic carbocycles. The molecule has 1 aromatic carbocycles. The molecule has 2 atom stereocenters. The highest BCUT2D eigenvalue weighted by molar-refractivity contribution is 7.99. The van der Waals surface area contributed by atoms with Gasteiger partial charge in [0.25, 0.3) is 0 Å². The van der Waals surface area contributed by atoms with Crippen LogP contribution in [0.2, 0.25) is 0 Å². The van der Waals surface area contributed by atoms with E-state index in [1.807, 2.05) is 17.9 Å². The molecule has 2 aliphatic heterocycles. The first-order valence-corrected chi connectivity index (χ1v) is 16.7. The number of piperazine rings is 1. The lowest BCUT2D eigenvalue weighted by molar-refractivity contribution is -0.137. The van der Waals surface area contributed by atoms with Crippen LogP contribution in [0.15, 0.2) is 35.4 Å². The van der Waals surface area contributed by atoms with Crippen molar-refractivity contribution in [2.45, 2.75) is 75.1 Å². The van der Waals surface area contributed by atoms with Crippen molar-refractivity contribution < 1.29 is 18.0 Å². The summed E-state index contributed by atoms with van der Waals surface area (Å²) in [5, 5.41) is 3.21. The number of carbonyl (C=O) groups is 1. The molecular formula is C31H37F3N6OS2. The van der Waals surface area contributed by atoms with Gasteiger partial charge >= 0.3 is 6.18 Å². The Labute approximate surface area is 258 Å². The number of fused-ring (bicyclic) bond motifs is 2. The number of nitrogens with zero attached hydrogens (tertiary/aromatic N) is 5. The number of likely N-dealkylation sites (N-methyl/N-ethyl adjacent to an activating group) is 1. The number of nitrogens with one attached hydrogen (secondary N) is 1. The van der Waals surface area contributed by atoms with Gasteiger partial charge in [-0.3, -0.25) is 9.69 Å². The molecule has 0 spiro atoms. The lowest BCUT2D eigenvalue weighted by atomic mass is 10.1. The minimum absolute atomic E-state index is 0.125. The number of aromatic nitrogens is 2. The third-order valence-electron chi connectivity index (χ3n) is 8.89. The van der Waals surface area contributed by atoms with Crippen LogP contribution < -0.4 is 10.2 Å². The number of alkyl halides is 3. The summed E-state index contributed by atoms with van der Waals surface area (Å²) in [6.07, 6.45) is 2.48. The van der Waals surface area contributed by atoms with E-state index in [4.69, 9.17) is 0 Å². The molecule has 43 heavy (non-hydrogen) atoms. The van der Waals surface area contributed by atoms with Crippen LogP contribution in [-0.4, -0.2) is 76.7 Å². The SMILES string of the molecule is CCc1cc(N2CC3CCC(C2)N3C)ccc1Nc1ncc(C(F)(F)F)c(-c2cc(SCCN(C=O)C3CC3)c(C)s2)n1. The number of amides is 1. The molecule has 3 aliphatic rings. The second-order valence-corrected chi connectivity index (χ2v) is 14.1. The van der Waals surface area contributed by atoms with Crippen molar-refractivity contribution >= 4 is 46.8 Å². The maximum absolute atomic E-state index is 14.1. The molecule has 2 aromatic heterocycles. The highest BCUT2D eigenvalue weighted by Gasteiger charge is 2.38. The monoisotopic (exact) mass is 630 g/mol. The van der Waals surface area contributed by atoms with Crippen LogP contribution >= 0.6 is 23.1 Å². The molecule has 12 heteroatoms. The van der Waals surface area contributed by atoms with E-state index in [1.165, 1.54) is 29.9 Å². The van der Waals surface area contributed by atoms with Gasteiger partial charge in [-0.25, -0.2) is 9.97 Å². The summed E-state index contributed by atoms with van der Waals surface area (Å²) in [6, 6.07) is 9.53. The number of thiophene rings is 1. The van der Waals surface area contributed by atoms with Gasteiger partial charge in [-0.15, -0.1) is 23.1 Å². The highest BCUT2D eigenvalue weighted by atomic mass is 32.2. The van der Waals surface area contributed by atoms with Gasteiger partial charge in [0.15, 0.2) is 0 Å². The molecule has 2 unspecified atom stereocenters. The average Bonchev–Trinajstić information content (AvgIpc) is 3.73. The fourth-order valence-corrected chi connectivity index (χ4v) is 8.41. The molecule has 1 saturated carbocycles. The van der Waals surface area contributed by atoms with Crippen molar-refractivity contribution in [3.8, 4) is 10.6 Å². The Bertz CT molecular complexity index is 1460. The van der Waals surface area contributed by atoms with E-state index in [9.17, 15) is 18.0 Å². The maximum atomic E-state index is 14.1. The second-order valence-electron chi connectivity index (χ2n) is 11.7. The van der Waals surface area contributed by atoms with Crippen LogP contribution in [0.4, 0.5) is 30.5 Å². The molecule has 230 valence electrons. The van der Waals surface area contributed by atoms with Crippen LogP contribution in [0.25, 0.3) is 10.6 Å². The lowest BCUT2D eigenvalue weighted by Gasteiger charge is -2.40. The van der Waals surface area contributed by atoms with Crippen molar-refractivity contribution in [1.29, 1.82) is 0 Å². The third-order valence-corrected chi connectivity index (χ3v) is 11.2. The fraction of sp³-hybridized carbons (Fsp3) is 0.516. The van der Waals surface area contributed by atoms with Crippen molar-refractivity contribution in [2.75, 3.05) is 42.7 Å². The summed E-state index contributed by atoms with van der Waals surface area (Å²) in [5.74, 6) is 0.814. The van der Waals surface area contributed by atoms with Crippen LogP contribution in [0.3, 0.4) is 0 Å². The van der Waals surface area contributed by atoms with Crippen LogP contribution in [0.1, 0.15) is 48.6 Å². The van der Waals surface area contributed by atoms with Crippen molar-refractivity contribution in [3.05, 3.63) is 46.5 Å². The third kappa shape index (κ3) is 6.51. The van der Waals surface area contributed by atoms with E-state index in [2.05, 4.69) is 51.2 Å². The molecule has 7 nitrogen and oxygen atoms in total. The minimum atomic E-state index is -4.59. The highest BCUT2D eigenvalue weighted by Crippen LogP contribution is 2.42. The number of thioether (sulfide) groups is 1. The topological polar surface area (TPSA) is 64.6 Å². The van der Waals surface area contributed by atoms with Crippen LogP contribution in [-0.2, 0) is 17.4 Å².